The van der Waals surface area contributed by atoms with E-state index in [0.717, 1.165) is 66.6 Å². The molecule has 3 aromatic rings. The summed E-state index contributed by atoms with van der Waals surface area (Å²) in [6.07, 6.45) is 13.7. The Balaban J connectivity index is 1.36. The summed E-state index contributed by atoms with van der Waals surface area (Å²) < 4.78 is 16.2. The van der Waals surface area contributed by atoms with Gasteiger partial charge < -0.3 is 14.0 Å². The maximum atomic E-state index is 6.46. The summed E-state index contributed by atoms with van der Waals surface area (Å²) >= 11 is 0. The summed E-state index contributed by atoms with van der Waals surface area (Å²) in [5, 5.41) is 4.78. The molecule has 0 radical (unpaired) electrons. The molecule has 33 heavy (non-hydrogen) atoms. The van der Waals surface area contributed by atoms with Crippen LogP contribution in [0.4, 0.5) is 0 Å². The Morgan fingerprint density at radius 1 is 1.18 bits per heavy atom. The van der Waals surface area contributed by atoms with E-state index in [0.29, 0.717) is 5.92 Å². The van der Waals surface area contributed by atoms with Crippen molar-refractivity contribution in [3.8, 4) is 11.4 Å². The van der Waals surface area contributed by atoms with Gasteiger partial charge in [-0.05, 0) is 76.6 Å². The predicted octanol–water partition coefficient (Wildman–Crippen LogP) is 5.18. The lowest BCUT2D eigenvalue weighted by molar-refractivity contribution is -0.119. The number of methoxy groups -OCH3 is 1. The van der Waals surface area contributed by atoms with Crippen LogP contribution >= 0.6 is 0 Å². The molecule has 0 bridgehead atoms. The first-order chi connectivity index (χ1) is 15.9. The Morgan fingerprint density at radius 3 is 2.82 bits per heavy atom. The van der Waals surface area contributed by atoms with Crippen LogP contribution in [-0.2, 0) is 11.3 Å². The van der Waals surface area contributed by atoms with Crippen molar-refractivity contribution in [2.45, 2.75) is 77.0 Å². The molecule has 2 aliphatic heterocycles. The second kappa shape index (κ2) is 8.78. The fourth-order valence-electron chi connectivity index (χ4n) is 5.10. The summed E-state index contributed by atoms with van der Waals surface area (Å²) in [4.78, 5) is 9.23. The Hall–Kier alpha value is -2.93. The molecule has 7 nitrogen and oxygen atoms in total. The first kappa shape index (κ1) is 21.9. The van der Waals surface area contributed by atoms with Gasteiger partial charge in [0.15, 0.2) is 5.82 Å². The van der Waals surface area contributed by atoms with E-state index in [1.54, 1.807) is 13.4 Å². The lowest BCUT2D eigenvalue weighted by Crippen LogP contribution is -2.40. The van der Waals surface area contributed by atoms with Crippen LogP contribution in [-0.4, -0.2) is 43.1 Å². The van der Waals surface area contributed by atoms with E-state index >= 15 is 0 Å². The van der Waals surface area contributed by atoms with Crippen LogP contribution in [0.25, 0.3) is 17.8 Å². The standard InChI is InChI=1S/C26H33N5O2/c1-18-16-30(17-27-18)21-11-9-19(15-23(21)32-4)10-12-24-28-25-20(7-6-14-31(25)29-24)22-8-5-13-26(2,3)33-22/h9-12,15-17,20,22H,5-8,13-14H2,1-4H3. The minimum atomic E-state index is -0.0470. The molecule has 2 atom stereocenters. The Bertz CT molecular complexity index is 1160. The second-order valence-electron chi connectivity index (χ2n) is 9.80. The Kier molecular flexibility index (Phi) is 5.83. The summed E-state index contributed by atoms with van der Waals surface area (Å²) in [7, 11) is 1.69. The van der Waals surface area contributed by atoms with Gasteiger partial charge in [0, 0.05) is 18.7 Å². The minimum Gasteiger partial charge on any atom is -0.495 e. The van der Waals surface area contributed by atoms with Crippen molar-refractivity contribution in [3.05, 3.63) is 53.6 Å². The molecule has 2 unspecified atom stereocenters. The quantitative estimate of drug-likeness (QED) is 0.539. The lowest BCUT2D eigenvalue weighted by atomic mass is 9.85. The zero-order valence-electron chi connectivity index (χ0n) is 20.0. The highest BCUT2D eigenvalue weighted by atomic mass is 16.5. The van der Waals surface area contributed by atoms with E-state index in [1.807, 2.05) is 42.0 Å². The van der Waals surface area contributed by atoms with Gasteiger partial charge in [-0.15, -0.1) is 0 Å². The molecule has 7 heteroatoms. The van der Waals surface area contributed by atoms with Crippen LogP contribution in [0.1, 0.15) is 74.8 Å². The molecular weight excluding hydrogens is 414 g/mol. The number of hydrogen-bond donors (Lipinski definition) is 0. The number of aryl methyl sites for hydroxylation is 2. The Labute approximate surface area is 195 Å². The molecule has 4 heterocycles. The third-order valence-corrected chi connectivity index (χ3v) is 6.74. The number of rotatable bonds is 5. The molecule has 0 spiro atoms. The summed E-state index contributed by atoms with van der Waals surface area (Å²) in [5.41, 5.74) is 2.92. The molecule has 0 amide bonds. The molecule has 0 aliphatic carbocycles. The first-order valence-corrected chi connectivity index (χ1v) is 11.9. The van der Waals surface area contributed by atoms with Crippen molar-refractivity contribution >= 4 is 12.2 Å². The normalized spacial score (nSPS) is 22.4. The largest absolute Gasteiger partial charge is 0.495 e. The van der Waals surface area contributed by atoms with Gasteiger partial charge in [-0.1, -0.05) is 12.1 Å². The summed E-state index contributed by atoms with van der Waals surface area (Å²) in [5.74, 6) is 2.95. The van der Waals surface area contributed by atoms with Gasteiger partial charge in [0.25, 0.3) is 0 Å². The van der Waals surface area contributed by atoms with Gasteiger partial charge >= 0.3 is 0 Å². The van der Waals surface area contributed by atoms with Crippen molar-refractivity contribution in [2.75, 3.05) is 7.11 Å². The van der Waals surface area contributed by atoms with E-state index in [1.165, 1.54) is 6.42 Å². The van der Waals surface area contributed by atoms with Crippen molar-refractivity contribution in [1.29, 1.82) is 0 Å². The number of benzene rings is 1. The summed E-state index contributed by atoms with van der Waals surface area (Å²) in [6.45, 7) is 7.31. The number of nitrogens with zero attached hydrogens (tertiary/aromatic N) is 5. The van der Waals surface area contributed by atoms with E-state index in [9.17, 15) is 0 Å². The van der Waals surface area contributed by atoms with Gasteiger partial charge in [0.05, 0.1) is 36.5 Å². The lowest BCUT2D eigenvalue weighted by Gasteiger charge is -2.40. The average Bonchev–Trinajstić information content (AvgIpc) is 3.42. The van der Waals surface area contributed by atoms with Crippen LogP contribution < -0.4 is 4.74 Å². The molecule has 5 rings (SSSR count). The van der Waals surface area contributed by atoms with Gasteiger partial charge in [-0.25, -0.2) is 14.6 Å². The zero-order valence-corrected chi connectivity index (χ0v) is 20.0. The van der Waals surface area contributed by atoms with Crippen LogP contribution in [0.5, 0.6) is 5.75 Å². The van der Waals surface area contributed by atoms with Gasteiger partial charge in [0.1, 0.15) is 11.6 Å². The van der Waals surface area contributed by atoms with Gasteiger partial charge in [0.2, 0.25) is 0 Å². The third kappa shape index (κ3) is 4.60. The fraction of sp³-hybridized carbons (Fsp3) is 0.500. The van der Waals surface area contributed by atoms with Crippen molar-refractivity contribution in [2.24, 2.45) is 0 Å². The van der Waals surface area contributed by atoms with Crippen molar-refractivity contribution < 1.29 is 9.47 Å². The highest BCUT2D eigenvalue weighted by Gasteiger charge is 2.37. The first-order valence-electron chi connectivity index (χ1n) is 11.9. The summed E-state index contributed by atoms with van der Waals surface area (Å²) in [6, 6.07) is 6.14. The average molecular weight is 448 g/mol. The number of ether oxygens (including phenoxy) is 2. The van der Waals surface area contributed by atoms with Gasteiger partial charge in [-0.3, -0.25) is 0 Å². The molecule has 174 valence electrons. The SMILES string of the molecule is COc1cc(C=Cc2nc3n(n2)CCCC3C2CCCC(C)(C)O2)ccc1-n1cnc(C)c1. The number of imidazole rings is 1. The maximum Gasteiger partial charge on any atom is 0.174 e. The Morgan fingerprint density at radius 2 is 2.06 bits per heavy atom. The molecule has 0 N–H and O–H groups in total. The topological polar surface area (TPSA) is 67.0 Å². The highest BCUT2D eigenvalue weighted by Crippen LogP contribution is 2.39. The monoisotopic (exact) mass is 447 g/mol. The predicted molar refractivity (Wildman–Crippen MR) is 129 cm³/mol. The van der Waals surface area contributed by atoms with Crippen molar-refractivity contribution in [1.82, 2.24) is 24.3 Å². The van der Waals surface area contributed by atoms with Gasteiger partial charge in [-0.2, -0.15) is 5.10 Å². The molecule has 1 aromatic carbocycles. The molecule has 2 aliphatic rings. The molecule has 0 saturated carbocycles. The zero-order chi connectivity index (χ0) is 23.0. The van der Waals surface area contributed by atoms with E-state index < -0.39 is 0 Å². The smallest absolute Gasteiger partial charge is 0.174 e. The third-order valence-electron chi connectivity index (χ3n) is 6.74. The van der Waals surface area contributed by atoms with E-state index in [2.05, 4.69) is 29.6 Å². The molecule has 1 saturated heterocycles. The van der Waals surface area contributed by atoms with Crippen LogP contribution in [0, 0.1) is 6.92 Å². The second-order valence-corrected chi connectivity index (χ2v) is 9.80. The molecule has 2 aromatic heterocycles. The fourth-order valence-corrected chi connectivity index (χ4v) is 5.10. The van der Waals surface area contributed by atoms with E-state index in [-0.39, 0.29) is 11.7 Å². The number of fused-ring (bicyclic) bond motifs is 1. The highest BCUT2D eigenvalue weighted by molar-refractivity contribution is 5.69. The van der Waals surface area contributed by atoms with Crippen LogP contribution in [0.2, 0.25) is 0 Å². The molecular formula is C26H33N5O2. The molecule has 1 fully saturated rings. The van der Waals surface area contributed by atoms with Crippen LogP contribution in [0.3, 0.4) is 0 Å². The number of aromatic nitrogens is 5. The number of hydrogen-bond acceptors (Lipinski definition) is 5. The maximum absolute atomic E-state index is 6.46. The van der Waals surface area contributed by atoms with Crippen molar-refractivity contribution in [3.63, 3.8) is 0 Å². The van der Waals surface area contributed by atoms with Crippen LogP contribution in [0.15, 0.2) is 30.7 Å². The minimum absolute atomic E-state index is 0.0470. The van der Waals surface area contributed by atoms with E-state index in [4.69, 9.17) is 19.6 Å².